The largest absolute Gasteiger partial charge is 0.396 e. The van der Waals surface area contributed by atoms with Crippen molar-refractivity contribution in [3.8, 4) is 0 Å². The molecule has 1 heterocycles. The summed E-state index contributed by atoms with van der Waals surface area (Å²) < 4.78 is 5.67. The highest BCUT2D eigenvalue weighted by molar-refractivity contribution is 4.69. The Hall–Kier alpha value is -0.120. The standard InChI is InChI=1S/C10H21NO2/c1-10(2,7-12)8-13-9-5-3-4-6-11-9/h9,11-12H,3-8H2,1-2H3. The van der Waals surface area contributed by atoms with Gasteiger partial charge in [-0.15, -0.1) is 0 Å². The van der Waals surface area contributed by atoms with Crippen LogP contribution in [0.15, 0.2) is 0 Å². The van der Waals surface area contributed by atoms with E-state index in [4.69, 9.17) is 9.84 Å². The Bertz CT molecular complexity index is 142. The number of aliphatic hydroxyl groups excluding tert-OH is 1. The zero-order valence-electron chi connectivity index (χ0n) is 8.68. The molecule has 1 saturated heterocycles. The normalized spacial score (nSPS) is 24.7. The van der Waals surface area contributed by atoms with Gasteiger partial charge in [-0.3, -0.25) is 5.32 Å². The minimum absolute atomic E-state index is 0.112. The van der Waals surface area contributed by atoms with E-state index >= 15 is 0 Å². The number of ether oxygens (including phenoxy) is 1. The number of hydrogen-bond acceptors (Lipinski definition) is 3. The van der Waals surface area contributed by atoms with Crippen LogP contribution in [-0.4, -0.2) is 31.1 Å². The average Bonchev–Trinajstić information content (AvgIpc) is 2.17. The Morgan fingerprint density at radius 3 is 2.77 bits per heavy atom. The van der Waals surface area contributed by atoms with Gasteiger partial charge in [0, 0.05) is 5.41 Å². The predicted molar refractivity (Wildman–Crippen MR) is 52.5 cm³/mol. The molecule has 0 radical (unpaired) electrons. The van der Waals surface area contributed by atoms with Gasteiger partial charge >= 0.3 is 0 Å². The molecule has 1 aliphatic rings. The molecule has 3 heteroatoms. The topological polar surface area (TPSA) is 41.5 Å². The summed E-state index contributed by atoms with van der Waals surface area (Å²) in [6, 6.07) is 0. The molecule has 0 saturated carbocycles. The van der Waals surface area contributed by atoms with Crippen LogP contribution < -0.4 is 5.32 Å². The summed E-state index contributed by atoms with van der Waals surface area (Å²) in [4.78, 5) is 0. The van der Waals surface area contributed by atoms with Crippen LogP contribution in [0.5, 0.6) is 0 Å². The lowest BCUT2D eigenvalue weighted by molar-refractivity contribution is -0.0417. The molecule has 0 bridgehead atoms. The van der Waals surface area contributed by atoms with E-state index < -0.39 is 0 Å². The fraction of sp³-hybridized carbons (Fsp3) is 1.00. The molecule has 0 spiro atoms. The molecular weight excluding hydrogens is 166 g/mol. The zero-order valence-corrected chi connectivity index (χ0v) is 8.68. The lowest BCUT2D eigenvalue weighted by Gasteiger charge is -2.28. The maximum Gasteiger partial charge on any atom is 0.108 e. The van der Waals surface area contributed by atoms with Crippen molar-refractivity contribution >= 4 is 0 Å². The maximum atomic E-state index is 9.02. The van der Waals surface area contributed by atoms with Crippen molar-refractivity contribution in [1.82, 2.24) is 5.32 Å². The molecule has 0 aromatic rings. The summed E-state index contributed by atoms with van der Waals surface area (Å²) >= 11 is 0. The predicted octanol–water partition coefficient (Wildman–Crippen LogP) is 1.12. The molecule has 1 fully saturated rings. The fourth-order valence-corrected chi connectivity index (χ4v) is 1.33. The molecule has 1 rings (SSSR count). The molecule has 3 nitrogen and oxygen atoms in total. The highest BCUT2D eigenvalue weighted by Gasteiger charge is 2.20. The van der Waals surface area contributed by atoms with E-state index in [1.54, 1.807) is 0 Å². The Morgan fingerprint density at radius 1 is 1.46 bits per heavy atom. The summed E-state index contributed by atoms with van der Waals surface area (Å²) in [6.07, 6.45) is 3.81. The van der Waals surface area contributed by atoms with Crippen LogP contribution in [0.3, 0.4) is 0 Å². The van der Waals surface area contributed by atoms with Crippen molar-refractivity contribution in [2.45, 2.75) is 39.3 Å². The minimum atomic E-state index is -0.112. The molecule has 0 aromatic heterocycles. The summed E-state index contributed by atoms with van der Waals surface area (Å²) in [5.41, 5.74) is -0.112. The van der Waals surface area contributed by atoms with Crippen LogP contribution in [0, 0.1) is 5.41 Å². The van der Waals surface area contributed by atoms with Crippen LogP contribution in [0.1, 0.15) is 33.1 Å². The maximum absolute atomic E-state index is 9.02. The number of rotatable bonds is 4. The van der Waals surface area contributed by atoms with E-state index in [9.17, 15) is 0 Å². The van der Waals surface area contributed by atoms with Crippen LogP contribution >= 0.6 is 0 Å². The average molecular weight is 187 g/mol. The van der Waals surface area contributed by atoms with E-state index in [2.05, 4.69) is 5.32 Å². The van der Waals surface area contributed by atoms with E-state index in [1.807, 2.05) is 13.8 Å². The van der Waals surface area contributed by atoms with Gasteiger partial charge < -0.3 is 9.84 Å². The highest BCUT2D eigenvalue weighted by atomic mass is 16.5. The number of hydrogen-bond donors (Lipinski definition) is 2. The van der Waals surface area contributed by atoms with Crippen LogP contribution in [0.4, 0.5) is 0 Å². The second kappa shape index (κ2) is 4.94. The minimum Gasteiger partial charge on any atom is -0.396 e. The van der Waals surface area contributed by atoms with Gasteiger partial charge in [0.15, 0.2) is 0 Å². The van der Waals surface area contributed by atoms with Gasteiger partial charge in [0.1, 0.15) is 6.23 Å². The summed E-state index contributed by atoms with van der Waals surface area (Å²) in [6.45, 7) is 5.89. The molecule has 78 valence electrons. The van der Waals surface area contributed by atoms with Crippen molar-refractivity contribution in [3.05, 3.63) is 0 Å². The zero-order chi connectivity index (χ0) is 9.73. The van der Waals surface area contributed by atoms with Gasteiger partial charge in [-0.2, -0.15) is 0 Å². The Kier molecular flexibility index (Phi) is 4.16. The molecular formula is C10H21NO2. The van der Waals surface area contributed by atoms with E-state index in [-0.39, 0.29) is 18.2 Å². The van der Waals surface area contributed by atoms with Crippen molar-refractivity contribution < 1.29 is 9.84 Å². The van der Waals surface area contributed by atoms with Crippen LogP contribution in [0.25, 0.3) is 0 Å². The monoisotopic (exact) mass is 187 g/mol. The first-order valence-corrected chi connectivity index (χ1v) is 5.10. The number of nitrogens with one attached hydrogen (secondary N) is 1. The SMILES string of the molecule is CC(C)(CO)COC1CCCCN1. The molecule has 0 amide bonds. The van der Waals surface area contributed by atoms with E-state index in [1.165, 1.54) is 12.8 Å². The molecule has 2 N–H and O–H groups in total. The third-order valence-electron chi connectivity index (χ3n) is 2.37. The first-order chi connectivity index (χ1) is 6.14. The van der Waals surface area contributed by atoms with Gasteiger partial charge in [-0.25, -0.2) is 0 Å². The molecule has 1 aliphatic heterocycles. The highest BCUT2D eigenvalue weighted by Crippen LogP contribution is 2.16. The van der Waals surface area contributed by atoms with Crippen molar-refractivity contribution in [1.29, 1.82) is 0 Å². The smallest absolute Gasteiger partial charge is 0.108 e. The van der Waals surface area contributed by atoms with Gasteiger partial charge in [0.2, 0.25) is 0 Å². The Labute approximate surface area is 80.5 Å². The summed E-state index contributed by atoms with van der Waals surface area (Å²) in [5, 5.41) is 12.3. The first kappa shape index (κ1) is 11.0. The fourth-order valence-electron chi connectivity index (χ4n) is 1.33. The van der Waals surface area contributed by atoms with Crippen molar-refractivity contribution in [3.63, 3.8) is 0 Å². The third-order valence-corrected chi connectivity index (χ3v) is 2.37. The van der Waals surface area contributed by atoms with Gasteiger partial charge in [-0.05, 0) is 25.8 Å². The van der Waals surface area contributed by atoms with E-state index in [0.717, 1.165) is 13.0 Å². The van der Waals surface area contributed by atoms with Gasteiger partial charge in [0.05, 0.1) is 13.2 Å². The molecule has 1 atom stereocenters. The lowest BCUT2D eigenvalue weighted by atomic mass is 9.96. The summed E-state index contributed by atoms with van der Waals surface area (Å²) in [5.74, 6) is 0. The van der Waals surface area contributed by atoms with E-state index in [0.29, 0.717) is 6.61 Å². The molecule has 0 aliphatic carbocycles. The first-order valence-electron chi connectivity index (χ1n) is 5.10. The molecule has 13 heavy (non-hydrogen) atoms. The van der Waals surface area contributed by atoms with Crippen LogP contribution in [-0.2, 0) is 4.74 Å². The van der Waals surface area contributed by atoms with Crippen molar-refractivity contribution in [2.75, 3.05) is 19.8 Å². The second-order valence-electron chi connectivity index (χ2n) is 4.57. The Balaban J connectivity index is 2.17. The van der Waals surface area contributed by atoms with Crippen LogP contribution in [0.2, 0.25) is 0 Å². The second-order valence-corrected chi connectivity index (χ2v) is 4.57. The Morgan fingerprint density at radius 2 is 2.23 bits per heavy atom. The third kappa shape index (κ3) is 4.07. The van der Waals surface area contributed by atoms with Crippen molar-refractivity contribution in [2.24, 2.45) is 5.41 Å². The lowest BCUT2D eigenvalue weighted by Crippen LogP contribution is -2.39. The molecule has 0 aromatic carbocycles. The summed E-state index contributed by atoms with van der Waals surface area (Å²) in [7, 11) is 0. The number of piperidine rings is 1. The van der Waals surface area contributed by atoms with Gasteiger partial charge in [-0.1, -0.05) is 13.8 Å². The quantitative estimate of drug-likeness (QED) is 0.693. The van der Waals surface area contributed by atoms with Gasteiger partial charge in [0.25, 0.3) is 0 Å². The number of aliphatic hydroxyl groups is 1. The molecule has 1 unspecified atom stereocenters.